The zero-order valence-electron chi connectivity index (χ0n) is 13.4. The van der Waals surface area contributed by atoms with Gasteiger partial charge in [-0.25, -0.2) is 8.78 Å². The van der Waals surface area contributed by atoms with Crippen LogP contribution in [0.25, 0.3) is 6.08 Å². The number of hydrogen-bond donors (Lipinski definition) is 0. The van der Waals surface area contributed by atoms with Crippen LogP contribution in [0.5, 0.6) is 0 Å². The molecule has 2 rings (SSSR count). The first-order valence-electron chi connectivity index (χ1n) is 8.16. The van der Waals surface area contributed by atoms with Crippen molar-refractivity contribution in [3.8, 4) is 0 Å². The highest BCUT2D eigenvalue weighted by Gasteiger charge is 2.25. The van der Waals surface area contributed by atoms with Crippen LogP contribution in [0.3, 0.4) is 0 Å². The summed E-state index contributed by atoms with van der Waals surface area (Å²) < 4.78 is 64.5. The fraction of sp³-hybridized carbons (Fsp3) is 0.474. The van der Waals surface area contributed by atoms with Gasteiger partial charge in [-0.15, -0.1) is 6.58 Å². The van der Waals surface area contributed by atoms with Crippen molar-refractivity contribution < 1.29 is 22.0 Å². The number of benzene rings is 1. The molecule has 0 bridgehead atoms. The van der Waals surface area contributed by atoms with Gasteiger partial charge in [-0.3, -0.25) is 0 Å². The molecule has 1 aliphatic rings. The molecule has 0 unspecified atom stereocenters. The van der Waals surface area contributed by atoms with Gasteiger partial charge in [0, 0.05) is 11.6 Å². The number of halogens is 5. The van der Waals surface area contributed by atoms with Gasteiger partial charge in [-0.2, -0.15) is 13.2 Å². The molecule has 24 heavy (non-hydrogen) atoms. The number of hydrogen-bond acceptors (Lipinski definition) is 0. The van der Waals surface area contributed by atoms with Crippen molar-refractivity contribution in [1.82, 2.24) is 0 Å². The molecule has 1 aromatic carbocycles. The SMILES string of the molecule is C=CCCC1CCC(c2cc(F)c(/C=C/C(F)(F)F)c(F)c2)CC1. The summed E-state index contributed by atoms with van der Waals surface area (Å²) in [5, 5.41) is 0. The summed E-state index contributed by atoms with van der Waals surface area (Å²) in [5.41, 5.74) is -0.105. The zero-order valence-corrected chi connectivity index (χ0v) is 13.4. The van der Waals surface area contributed by atoms with E-state index in [2.05, 4.69) is 6.58 Å². The van der Waals surface area contributed by atoms with Crippen molar-refractivity contribution in [2.24, 2.45) is 5.92 Å². The van der Waals surface area contributed by atoms with E-state index < -0.39 is 23.4 Å². The molecule has 0 N–H and O–H groups in total. The highest BCUT2D eigenvalue weighted by Crippen LogP contribution is 2.38. The minimum absolute atomic E-state index is 0.0645. The number of allylic oxidation sites excluding steroid dienone is 2. The molecule has 0 radical (unpaired) electrons. The van der Waals surface area contributed by atoms with Crippen molar-refractivity contribution in [2.75, 3.05) is 0 Å². The molecule has 1 fully saturated rings. The molecule has 0 heterocycles. The monoisotopic (exact) mass is 344 g/mol. The molecule has 132 valence electrons. The second-order valence-corrected chi connectivity index (χ2v) is 6.36. The predicted molar refractivity (Wildman–Crippen MR) is 85.6 cm³/mol. The van der Waals surface area contributed by atoms with Crippen LogP contribution in [-0.2, 0) is 0 Å². The second kappa shape index (κ2) is 7.95. The van der Waals surface area contributed by atoms with Crippen molar-refractivity contribution in [1.29, 1.82) is 0 Å². The van der Waals surface area contributed by atoms with E-state index in [-0.39, 0.29) is 12.0 Å². The normalized spacial score (nSPS) is 22.0. The Labute approximate surface area is 139 Å². The van der Waals surface area contributed by atoms with Gasteiger partial charge in [-0.05, 0) is 74.1 Å². The molecule has 0 aromatic heterocycles. The Morgan fingerprint density at radius 1 is 1.04 bits per heavy atom. The third-order valence-electron chi connectivity index (χ3n) is 4.64. The molecular weight excluding hydrogens is 323 g/mol. The van der Waals surface area contributed by atoms with E-state index in [4.69, 9.17) is 0 Å². The molecule has 1 aromatic rings. The third-order valence-corrected chi connectivity index (χ3v) is 4.64. The molecule has 0 atom stereocenters. The van der Waals surface area contributed by atoms with Crippen molar-refractivity contribution in [3.63, 3.8) is 0 Å². The minimum atomic E-state index is -4.60. The van der Waals surface area contributed by atoms with E-state index in [0.717, 1.165) is 38.5 Å². The second-order valence-electron chi connectivity index (χ2n) is 6.36. The Hall–Kier alpha value is -1.65. The summed E-state index contributed by atoms with van der Waals surface area (Å²) in [5.74, 6) is -1.21. The Kier molecular flexibility index (Phi) is 6.19. The molecule has 5 heteroatoms. The average Bonchev–Trinajstić information content (AvgIpc) is 2.51. The van der Waals surface area contributed by atoms with E-state index in [9.17, 15) is 22.0 Å². The van der Waals surface area contributed by atoms with E-state index in [1.165, 1.54) is 12.1 Å². The molecule has 0 amide bonds. The Bertz CT molecular complexity index is 569. The van der Waals surface area contributed by atoms with Gasteiger partial charge in [0.2, 0.25) is 0 Å². The van der Waals surface area contributed by atoms with Crippen molar-refractivity contribution >= 4 is 6.08 Å². The highest BCUT2D eigenvalue weighted by atomic mass is 19.4. The van der Waals surface area contributed by atoms with Crippen LogP contribution in [0.15, 0.2) is 30.9 Å². The van der Waals surface area contributed by atoms with Gasteiger partial charge in [0.15, 0.2) is 0 Å². The fourth-order valence-corrected chi connectivity index (χ4v) is 3.31. The Morgan fingerprint density at radius 2 is 1.62 bits per heavy atom. The van der Waals surface area contributed by atoms with Gasteiger partial charge in [0.25, 0.3) is 0 Å². The summed E-state index contributed by atoms with van der Waals surface area (Å²) in [6, 6.07) is 2.35. The van der Waals surface area contributed by atoms with Gasteiger partial charge in [0.05, 0.1) is 0 Å². The van der Waals surface area contributed by atoms with Crippen LogP contribution in [0, 0.1) is 17.6 Å². The zero-order chi connectivity index (χ0) is 17.7. The molecule has 0 saturated heterocycles. The van der Waals surface area contributed by atoms with E-state index in [1.807, 2.05) is 6.08 Å². The van der Waals surface area contributed by atoms with Crippen LogP contribution in [-0.4, -0.2) is 6.18 Å². The Morgan fingerprint density at radius 3 is 2.12 bits per heavy atom. The maximum absolute atomic E-state index is 14.0. The summed E-state index contributed by atoms with van der Waals surface area (Å²) in [6.45, 7) is 3.71. The minimum Gasteiger partial charge on any atom is -0.206 e. The Balaban J connectivity index is 2.08. The van der Waals surface area contributed by atoms with Crippen molar-refractivity contribution in [3.05, 3.63) is 53.6 Å². The quantitative estimate of drug-likeness (QED) is 0.408. The van der Waals surface area contributed by atoms with Gasteiger partial charge >= 0.3 is 6.18 Å². The van der Waals surface area contributed by atoms with Gasteiger partial charge in [0.1, 0.15) is 11.6 Å². The van der Waals surface area contributed by atoms with Gasteiger partial charge < -0.3 is 0 Å². The van der Waals surface area contributed by atoms with Crippen LogP contribution in [0.4, 0.5) is 22.0 Å². The first kappa shape index (κ1) is 18.7. The molecule has 1 aliphatic carbocycles. The van der Waals surface area contributed by atoms with Crippen molar-refractivity contribution in [2.45, 2.75) is 50.6 Å². The average molecular weight is 344 g/mol. The van der Waals surface area contributed by atoms with Crippen LogP contribution < -0.4 is 0 Å². The topological polar surface area (TPSA) is 0 Å². The third kappa shape index (κ3) is 5.18. The number of rotatable bonds is 5. The first-order valence-corrected chi connectivity index (χ1v) is 8.16. The lowest BCUT2D eigenvalue weighted by molar-refractivity contribution is -0.0790. The lowest BCUT2D eigenvalue weighted by Gasteiger charge is -2.28. The first-order chi connectivity index (χ1) is 11.3. The van der Waals surface area contributed by atoms with Crippen LogP contribution in [0.2, 0.25) is 0 Å². The lowest BCUT2D eigenvalue weighted by Crippen LogP contribution is -2.14. The summed E-state index contributed by atoms with van der Waals surface area (Å²) in [4.78, 5) is 0. The highest BCUT2D eigenvalue weighted by molar-refractivity contribution is 5.52. The molecule has 0 nitrogen and oxygen atoms in total. The standard InChI is InChI=1S/C19H21F5/c1-2-3-4-13-5-7-14(8-6-13)15-11-17(20)16(18(21)12-15)9-10-19(22,23)24/h2,9-14H,1,3-8H2/b10-9+. The summed E-state index contributed by atoms with van der Waals surface area (Å²) in [7, 11) is 0. The van der Waals surface area contributed by atoms with E-state index in [0.29, 0.717) is 17.6 Å². The largest absolute Gasteiger partial charge is 0.409 e. The smallest absolute Gasteiger partial charge is 0.206 e. The maximum Gasteiger partial charge on any atom is 0.409 e. The van der Waals surface area contributed by atoms with Crippen LogP contribution >= 0.6 is 0 Å². The molecule has 0 aliphatic heterocycles. The van der Waals surface area contributed by atoms with Gasteiger partial charge in [-0.1, -0.05) is 6.08 Å². The summed E-state index contributed by atoms with van der Waals surface area (Å²) >= 11 is 0. The van der Waals surface area contributed by atoms with E-state index in [1.54, 1.807) is 0 Å². The number of alkyl halides is 3. The maximum atomic E-state index is 14.0. The predicted octanol–water partition coefficient (Wildman–Crippen LogP) is 6.78. The molecule has 0 spiro atoms. The van der Waals surface area contributed by atoms with E-state index >= 15 is 0 Å². The summed E-state index contributed by atoms with van der Waals surface area (Å²) in [6.07, 6.45) is 3.33. The lowest BCUT2D eigenvalue weighted by atomic mass is 9.77. The fourth-order valence-electron chi connectivity index (χ4n) is 3.31. The molecular formula is C19H21F5. The van der Waals surface area contributed by atoms with Crippen LogP contribution in [0.1, 0.15) is 55.6 Å². The molecule has 1 saturated carbocycles.